The summed E-state index contributed by atoms with van der Waals surface area (Å²) in [5.41, 5.74) is 0.750. The highest BCUT2D eigenvalue weighted by atomic mass is 32.2. The number of nitrogens with one attached hydrogen (secondary N) is 1. The van der Waals surface area contributed by atoms with E-state index < -0.39 is 27.6 Å². The normalized spacial score (nSPS) is 15.0. The first-order chi connectivity index (χ1) is 11.7. The zero-order valence-electron chi connectivity index (χ0n) is 15.0. The van der Waals surface area contributed by atoms with Crippen molar-refractivity contribution in [2.75, 3.05) is 6.61 Å². The van der Waals surface area contributed by atoms with E-state index in [1.54, 1.807) is 19.1 Å². The number of hydrogen-bond donors (Lipinski definition) is 1. The number of halogens is 1. The van der Waals surface area contributed by atoms with Gasteiger partial charge in [0.1, 0.15) is 11.7 Å². The van der Waals surface area contributed by atoms with Gasteiger partial charge in [-0.1, -0.05) is 12.1 Å². The number of nitrogens with zero attached hydrogens (tertiary/aromatic N) is 1. The molecule has 1 N–H and O–H groups in total. The van der Waals surface area contributed by atoms with Crippen molar-refractivity contribution in [1.29, 1.82) is 5.26 Å². The highest BCUT2D eigenvalue weighted by Crippen LogP contribution is 2.24. The summed E-state index contributed by atoms with van der Waals surface area (Å²) in [4.78, 5) is 11.8. The van der Waals surface area contributed by atoms with Crippen LogP contribution in [0.5, 0.6) is 0 Å². The molecule has 0 spiro atoms. The van der Waals surface area contributed by atoms with Gasteiger partial charge < -0.3 is 4.74 Å². The smallest absolute Gasteiger partial charge is 0.323 e. The van der Waals surface area contributed by atoms with Crippen molar-refractivity contribution in [1.82, 2.24) is 4.72 Å². The number of hydrogen-bond acceptors (Lipinski definition) is 4. The summed E-state index contributed by atoms with van der Waals surface area (Å²) in [5.74, 6) is -1.80. The van der Waals surface area contributed by atoms with Crippen LogP contribution < -0.4 is 4.72 Å². The summed E-state index contributed by atoms with van der Waals surface area (Å²) < 4.78 is 33.1. The van der Waals surface area contributed by atoms with Crippen molar-refractivity contribution in [3.05, 3.63) is 35.6 Å². The Bertz CT molecular complexity index is 635. The molecule has 0 radical (unpaired) electrons. The molecule has 0 aromatic heterocycles. The lowest BCUT2D eigenvalue weighted by Crippen LogP contribution is -2.36. The maximum absolute atomic E-state index is 13.2. The van der Waals surface area contributed by atoms with Crippen LogP contribution in [0.15, 0.2) is 24.3 Å². The Hall–Kier alpha value is -1.78. The monoisotopic (exact) mass is 368 g/mol. The van der Waals surface area contributed by atoms with Crippen LogP contribution in [0.1, 0.15) is 52.1 Å². The van der Waals surface area contributed by atoms with E-state index >= 15 is 0 Å². The van der Waals surface area contributed by atoms with Crippen molar-refractivity contribution in [3.8, 4) is 6.07 Å². The number of esters is 1. The predicted octanol–water partition coefficient (Wildman–Crippen LogP) is 3.40. The fourth-order valence-electron chi connectivity index (χ4n) is 2.11. The lowest BCUT2D eigenvalue weighted by atomic mass is 9.97. The summed E-state index contributed by atoms with van der Waals surface area (Å²) in [6, 6.07) is 7.46. The van der Waals surface area contributed by atoms with E-state index in [2.05, 4.69) is 4.72 Å². The largest absolute Gasteiger partial charge is 0.465 e. The summed E-state index contributed by atoms with van der Waals surface area (Å²) in [5, 5.41) is 9.17. The Balaban J connectivity index is 2.91. The number of carbonyl (C=O) groups excluding carboxylic acids is 1. The molecule has 0 heterocycles. The minimum atomic E-state index is -1.35. The van der Waals surface area contributed by atoms with Crippen molar-refractivity contribution in [2.24, 2.45) is 5.92 Å². The van der Waals surface area contributed by atoms with Crippen molar-refractivity contribution < 1.29 is 18.1 Å². The second kappa shape index (κ2) is 9.64. The van der Waals surface area contributed by atoms with Crippen LogP contribution in [-0.2, 0) is 20.5 Å². The molecule has 1 rings (SSSR count). The van der Waals surface area contributed by atoms with E-state index in [0.29, 0.717) is 6.42 Å². The molecule has 25 heavy (non-hydrogen) atoms. The fraction of sp³-hybridized carbons (Fsp3) is 0.556. The van der Waals surface area contributed by atoms with Crippen molar-refractivity contribution in [3.63, 3.8) is 0 Å². The maximum atomic E-state index is 13.2. The lowest BCUT2D eigenvalue weighted by molar-refractivity contribution is -0.146. The van der Waals surface area contributed by atoms with Crippen LogP contribution in [0.3, 0.4) is 0 Å². The van der Waals surface area contributed by atoms with Crippen LogP contribution >= 0.6 is 0 Å². The standard InChI is InChI=1S/C18H25FN2O3S/c1-5-24-17(22)14(12-20)8-11-16(21-25(23)18(2,3)4)13-6-9-15(19)10-7-13/h6-7,9-10,14,16,21H,5,8,11H2,1-4H3/t14?,16-,25-/m1/s1. The Labute approximate surface area is 151 Å². The third kappa shape index (κ3) is 6.92. The van der Waals surface area contributed by atoms with Crippen molar-refractivity contribution in [2.45, 2.75) is 51.3 Å². The molecule has 138 valence electrons. The van der Waals surface area contributed by atoms with Gasteiger partial charge in [0.25, 0.3) is 0 Å². The van der Waals surface area contributed by atoms with Gasteiger partial charge in [-0.15, -0.1) is 0 Å². The van der Waals surface area contributed by atoms with Crippen LogP contribution in [0.2, 0.25) is 0 Å². The summed E-state index contributed by atoms with van der Waals surface area (Å²) in [6.45, 7) is 7.42. The number of nitriles is 1. The van der Waals surface area contributed by atoms with Crippen LogP contribution in [0.4, 0.5) is 4.39 Å². The zero-order chi connectivity index (χ0) is 19.0. The first-order valence-electron chi connectivity index (χ1n) is 8.18. The Kier molecular flexibility index (Phi) is 8.20. The fourth-order valence-corrected chi connectivity index (χ4v) is 2.97. The minimum absolute atomic E-state index is 0.213. The average Bonchev–Trinajstić information content (AvgIpc) is 2.54. The van der Waals surface area contributed by atoms with Crippen LogP contribution in [-0.4, -0.2) is 21.5 Å². The minimum Gasteiger partial charge on any atom is -0.465 e. The third-order valence-electron chi connectivity index (χ3n) is 3.55. The number of rotatable bonds is 8. The molecule has 5 nitrogen and oxygen atoms in total. The number of ether oxygens (including phenoxy) is 1. The molecule has 0 saturated heterocycles. The first kappa shape index (κ1) is 21.3. The van der Waals surface area contributed by atoms with Gasteiger partial charge in [0.15, 0.2) is 0 Å². The van der Waals surface area contributed by atoms with Crippen LogP contribution in [0, 0.1) is 23.1 Å². The van der Waals surface area contributed by atoms with E-state index in [-0.39, 0.29) is 24.9 Å². The van der Waals surface area contributed by atoms with Gasteiger partial charge in [0, 0.05) is 6.04 Å². The highest BCUT2D eigenvalue weighted by Gasteiger charge is 2.26. The number of benzene rings is 1. The molecule has 0 fully saturated rings. The van der Waals surface area contributed by atoms with Gasteiger partial charge in [0.2, 0.25) is 0 Å². The van der Waals surface area contributed by atoms with E-state index in [4.69, 9.17) is 4.74 Å². The topological polar surface area (TPSA) is 79.2 Å². The Morgan fingerprint density at radius 2 is 1.92 bits per heavy atom. The number of carbonyl (C=O) groups is 1. The lowest BCUT2D eigenvalue weighted by Gasteiger charge is -2.25. The van der Waals surface area contributed by atoms with Gasteiger partial charge in [-0.3, -0.25) is 4.79 Å². The molecular formula is C18H25FN2O3S. The molecule has 1 aromatic carbocycles. The summed E-state index contributed by atoms with van der Waals surface area (Å²) in [6.07, 6.45) is 0.649. The van der Waals surface area contributed by atoms with Gasteiger partial charge in [-0.05, 0) is 58.2 Å². The molecule has 0 aliphatic carbocycles. The molecule has 0 aliphatic rings. The van der Waals surface area contributed by atoms with Gasteiger partial charge in [-0.2, -0.15) is 5.26 Å². The van der Waals surface area contributed by atoms with E-state index in [0.717, 1.165) is 5.56 Å². The van der Waals surface area contributed by atoms with Gasteiger partial charge in [0.05, 0.1) is 28.4 Å². The quantitative estimate of drug-likeness (QED) is 0.713. The van der Waals surface area contributed by atoms with E-state index in [9.17, 15) is 18.7 Å². The van der Waals surface area contributed by atoms with E-state index in [1.165, 1.54) is 12.1 Å². The van der Waals surface area contributed by atoms with Gasteiger partial charge >= 0.3 is 5.97 Å². The Morgan fingerprint density at radius 3 is 2.40 bits per heavy atom. The molecule has 7 heteroatoms. The van der Waals surface area contributed by atoms with Crippen LogP contribution in [0.25, 0.3) is 0 Å². The highest BCUT2D eigenvalue weighted by molar-refractivity contribution is 7.84. The molecule has 0 saturated carbocycles. The molecule has 3 atom stereocenters. The molecular weight excluding hydrogens is 343 g/mol. The summed E-state index contributed by atoms with van der Waals surface area (Å²) in [7, 11) is -1.35. The van der Waals surface area contributed by atoms with E-state index in [1.807, 2.05) is 26.8 Å². The molecule has 1 unspecified atom stereocenters. The second-order valence-electron chi connectivity index (χ2n) is 6.61. The second-order valence-corrected chi connectivity index (χ2v) is 8.61. The molecule has 0 amide bonds. The summed E-state index contributed by atoms with van der Waals surface area (Å²) >= 11 is 0. The average molecular weight is 368 g/mol. The first-order valence-corrected chi connectivity index (χ1v) is 9.33. The third-order valence-corrected chi connectivity index (χ3v) is 5.16. The SMILES string of the molecule is CCOC(=O)C(C#N)CC[C@@H](N[S@](=O)C(C)(C)C)c1ccc(F)cc1. The maximum Gasteiger partial charge on any atom is 0.323 e. The van der Waals surface area contributed by atoms with Crippen molar-refractivity contribution >= 4 is 17.0 Å². The molecule has 0 bridgehead atoms. The van der Waals surface area contributed by atoms with Gasteiger partial charge in [-0.25, -0.2) is 13.3 Å². The molecule has 0 aliphatic heterocycles. The Morgan fingerprint density at radius 1 is 1.32 bits per heavy atom. The molecule has 1 aromatic rings. The zero-order valence-corrected chi connectivity index (χ0v) is 15.9. The predicted molar refractivity (Wildman–Crippen MR) is 95.1 cm³/mol.